The largest absolute Gasteiger partial charge is 0.443 e. The molecule has 4 heteroatoms. The molecule has 0 unspecified atom stereocenters. The first kappa shape index (κ1) is 18.5. The quantitative estimate of drug-likeness (QED) is 0.444. The molecule has 0 amide bonds. The SMILES string of the molecule is CC.CC(C)(C)OC(=O)n1c2ccccc2c2ccc(CBr)cc21. The molecule has 0 saturated carbocycles. The molecule has 3 rings (SSSR count). The number of aromatic nitrogens is 1. The second-order valence-electron chi connectivity index (χ2n) is 6.32. The van der Waals surface area contributed by atoms with Crippen molar-refractivity contribution >= 4 is 43.8 Å². The second kappa shape index (κ2) is 7.39. The van der Waals surface area contributed by atoms with Crippen molar-refractivity contribution in [2.24, 2.45) is 0 Å². The molecule has 2 aromatic carbocycles. The molecule has 3 aromatic rings. The zero-order chi connectivity index (χ0) is 17.9. The summed E-state index contributed by atoms with van der Waals surface area (Å²) in [6, 6.07) is 14.1. The number of carbonyl (C=O) groups is 1. The van der Waals surface area contributed by atoms with Gasteiger partial charge in [0.1, 0.15) is 5.60 Å². The first-order valence-electron chi connectivity index (χ1n) is 8.22. The standard InChI is InChI=1S/C18H18BrNO2.C2H6/c1-18(2,3)22-17(21)20-15-7-5-4-6-13(15)14-9-8-12(11-19)10-16(14)20;1-2/h4-10H,11H2,1-3H3;1-2H3. The molecule has 0 aliphatic heterocycles. The lowest BCUT2D eigenvalue weighted by molar-refractivity contribution is 0.0551. The van der Waals surface area contributed by atoms with Gasteiger partial charge in [-0.2, -0.15) is 0 Å². The van der Waals surface area contributed by atoms with Gasteiger partial charge in [-0.15, -0.1) is 0 Å². The first-order chi connectivity index (χ1) is 11.4. The van der Waals surface area contributed by atoms with E-state index < -0.39 is 5.60 Å². The maximum absolute atomic E-state index is 12.7. The number of rotatable bonds is 1. The van der Waals surface area contributed by atoms with Gasteiger partial charge in [0.25, 0.3) is 0 Å². The Labute approximate surface area is 151 Å². The Bertz CT molecular complexity index is 859. The van der Waals surface area contributed by atoms with E-state index in [0.29, 0.717) is 0 Å². The van der Waals surface area contributed by atoms with Crippen molar-refractivity contribution < 1.29 is 9.53 Å². The minimum atomic E-state index is -0.526. The molecule has 24 heavy (non-hydrogen) atoms. The average molecular weight is 390 g/mol. The van der Waals surface area contributed by atoms with E-state index in [1.807, 2.05) is 65.0 Å². The van der Waals surface area contributed by atoms with Gasteiger partial charge < -0.3 is 4.74 Å². The van der Waals surface area contributed by atoms with Crippen LogP contribution in [0.3, 0.4) is 0 Å². The van der Waals surface area contributed by atoms with E-state index in [0.717, 1.165) is 32.7 Å². The third-order valence-corrected chi connectivity index (χ3v) is 4.12. The highest BCUT2D eigenvalue weighted by Gasteiger charge is 2.22. The summed E-state index contributed by atoms with van der Waals surface area (Å²) in [6.45, 7) is 9.63. The summed E-state index contributed by atoms with van der Waals surface area (Å²) in [7, 11) is 0. The Morgan fingerprint density at radius 1 is 1.04 bits per heavy atom. The molecule has 1 aromatic heterocycles. The second-order valence-corrected chi connectivity index (χ2v) is 6.88. The predicted molar refractivity (Wildman–Crippen MR) is 105 cm³/mol. The number of fused-ring (bicyclic) bond motifs is 3. The molecule has 0 N–H and O–H groups in total. The topological polar surface area (TPSA) is 31.2 Å². The maximum atomic E-state index is 12.7. The van der Waals surface area contributed by atoms with Crippen LogP contribution in [0.1, 0.15) is 40.2 Å². The van der Waals surface area contributed by atoms with Crippen molar-refractivity contribution in [3.05, 3.63) is 48.0 Å². The number of alkyl halides is 1. The number of benzene rings is 2. The Balaban J connectivity index is 0.00000100. The smallest absolute Gasteiger partial charge is 0.419 e. The van der Waals surface area contributed by atoms with Crippen molar-refractivity contribution in [2.45, 2.75) is 45.5 Å². The minimum absolute atomic E-state index is 0.342. The molecule has 1 heterocycles. The van der Waals surface area contributed by atoms with Crippen LogP contribution in [0.5, 0.6) is 0 Å². The monoisotopic (exact) mass is 389 g/mol. The molecular weight excluding hydrogens is 366 g/mol. The van der Waals surface area contributed by atoms with Gasteiger partial charge in [0, 0.05) is 16.1 Å². The molecule has 0 fully saturated rings. The van der Waals surface area contributed by atoms with Crippen LogP contribution >= 0.6 is 15.9 Å². The lowest BCUT2D eigenvalue weighted by atomic mass is 10.1. The summed E-state index contributed by atoms with van der Waals surface area (Å²) in [5.41, 5.74) is 2.35. The zero-order valence-corrected chi connectivity index (χ0v) is 16.5. The average Bonchev–Trinajstić information content (AvgIpc) is 2.88. The van der Waals surface area contributed by atoms with E-state index in [1.165, 1.54) is 0 Å². The van der Waals surface area contributed by atoms with Gasteiger partial charge in [-0.1, -0.05) is 60.1 Å². The number of hydrogen-bond acceptors (Lipinski definition) is 2. The summed E-state index contributed by atoms with van der Waals surface area (Å²) in [4.78, 5) is 12.7. The maximum Gasteiger partial charge on any atom is 0.419 e. The van der Waals surface area contributed by atoms with Gasteiger partial charge in [0.15, 0.2) is 0 Å². The Hall–Kier alpha value is -1.81. The summed E-state index contributed by atoms with van der Waals surface area (Å²) >= 11 is 3.47. The number of para-hydroxylation sites is 1. The minimum Gasteiger partial charge on any atom is -0.443 e. The Kier molecular flexibility index (Phi) is 5.70. The van der Waals surface area contributed by atoms with Crippen molar-refractivity contribution in [1.82, 2.24) is 4.57 Å². The van der Waals surface area contributed by atoms with Crippen molar-refractivity contribution in [1.29, 1.82) is 0 Å². The Morgan fingerprint density at radius 3 is 2.29 bits per heavy atom. The summed E-state index contributed by atoms with van der Waals surface area (Å²) < 4.78 is 7.25. The van der Waals surface area contributed by atoms with E-state index in [4.69, 9.17) is 4.74 Å². The molecule has 0 atom stereocenters. The van der Waals surface area contributed by atoms with E-state index in [-0.39, 0.29) is 6.09 Å². The van der Waals surface area contributed by atoms with Crippen LogP contribution in [0, 0.1) is 0 Å². The van der Waals surface area contributed by atoms with E-state index >= 15 is 0 Å². The van der Waals surface area contributed by atoms with Gasteiger partial charge in [0.2, 0.25) is 0 Å². The van der Waals surface area contributed by atoms with Gasteiger partial charge >= 0.3 is 6.09 Å². The highest BCUT2D eigenvalue weighted by atomic mass is 79.9. The highest BCUT2D eigenvalue weighted by molar-refractivity contribution is 9.08. The van der Waals surface area contributed by atoms with Crippen LogP contribution in [0.2, 0.25) is 0 Å². The third kappa shape index (κ3) is 3.64. The van der Waals surface area contributed by atoms with Gasteiger partial charge in [-0.05, 0) is 38.5 Å². The third-order valence-electron chi connectivity index (χ3n) is 3.47. The predicted octanol–water partition coefficient (Wildman–Crippen LogP) is 6.50. The summed E-state index contributed by atoms with van der Waals surface area (Å²) in [5, 5.41) is 2.87. The van der Waals surface area contributed by atoms with Crippen LogP contribution in [0.25, 0.3) is 21.8 Å². The summed E-state index contributed by atoms with van der Waals surface area (Å²) in [6.07, 6.45) is -0.342. The van der Waals surface area contributed by atoms with E-state index in [1.54, 1.807) is 4.57 Å². The van der Waals surface area contributed by atoms with Gasteiger partial charge in [-0.25, -0.2) is 9.36 Å². The normalized spacial score (nSPS) is 11.2. The number of nitrogens with zero attached hydrogens (tertiary/aromatic N) is 1. The van der Waals surface area contributed by atoms with E-state index in [2.05, 4.69) is 28.1 Å². The lowest BCUT2D eigenvalue weighted by Gasteiger charge is -2.20. The van der Waals surface area contributed by atoms with E-state index in [9.17, 15) is 4.79 Å². The molecular formula is C20H24BrNO2. The fourth-order valence-corrected chi connectivity index (χ4v) is 2.95. The van der Waals surface area contributed by atoms with Crippen molar-refractivity contribution in [3.63, 3.8) is 0 Å². The van der Waals surface area contributed by atoms with Gasteiger partial charge in [-0.3, -0.25) is 0 Å². The Morgan fingerprint density at radius 2 is 1.67 bits per heavy atom. The molecule has 128 valence electrons. The van der Waals surface area contributed by atoms with Crippen molar-refractivity contribution in [3.8, 4) is 0 Å². The number of halogens is 1. The van der Waals surface area contributed by atoms with Gasteiger partial charge in [0.05, 0.1) is 11.0 Å². The molecule has 0 saturated heterocycles. The van der Waals surface area contributed by atoms with Crippen LogP contribution in [0.15, 0.2) is 42.5 Å². The van der Waals surface area contributed by atoms with Crippen LogP contribution < -0.4 is 0 Å². The van der Waals surface area contributed by atoms with Crippen molar-refractivity contribution in [2.75, 3.05) is 0 Å². The molecule has 0 bridgehead atoms. The number of hydrogen-bond donors (Lipinski definition) is 0. The van der Waals surface area contributed by atoms with Crippen LogP contribution in [-0.2, 0) is 10.1 Å². The fourth-order valence-electron chi connectivity index (χ4n) is 2.60. The molecule has 0 aliphatic carbocycles. The van der Waals surface area contributed by atoms with Crippen LogP contribution in [0.4, 0.5) is 4.79 Å². The molecule has 0 radical (unpaired) electrons. The number of ether oxygens (including phenoxy) is 1. The zero-order valence-electron chi connectivity index (χ0n) is 14.9. The number of carbonyl (C=O) groups excluding carboxylic acids is 1. The first-order valence-corrected chi connectivity index (χ1v) is 9.34. The lowest BCUT2D eigenvalue weighted by Crippen LogP contribution is -2.27. The molecule has 0 spiro atoms. The molecule has 0 aliphatic rings. The fraction of sp³-hybridized carbons (Fsp3) is 0.350. The van der Waals surface area contributed by atoms with Crippen LogP contribution in [-0.4, -0.2) is 16.3 Å². The summed E-state index contributed by atoms with van der Waals surface area (Å²) in [5.74, 6) is 0. The molecule has 3 nitrogen and oxygen atoms in total. The highest BCUT2D eigenvalue weighted by Crippen LogP contribution is 2.30.